The molecule has 0 spiro atoms. The van der Waals surface area contributed by atoms with Gasteiger partial charge in [-0.1, -0.05) is 109 Å². The van der Waals surface area contributed by atoms with E-state index in [4.69, 9.17) is 0 Å². The van der Waals surface area contributed by atoms with E-state index < -0.39 is 0 Å². The molecule has 0 aliphatic rings. The van der Waals surface area contributed by atoms with Crippen molar-refractivity contribution in [3.05, 3.63) is 59.2 Å². The minimum absolute atomic E-state index is 1.16. The van der Waals surface area contributed by atoms with E-state index in [-0.39, 0.29) is 0 Å². The summed E-state index contributed by atoms with van der Waals surface area (Å²) in [6, 6.07) is 17.6. The Bertz CT molecular complexity index is 635. The molecule has 0 saturated heterocycles. The van der Waals surface area contributed by atoms with Crippen LogP contribution in [0.2, 0.25) is 0 Å². The highest BCUT2D eigenvalue weighted by molar-refractivity contribution is 5.71. The van der Waals surface area contributed by atoms with Crippen LogP contribution in [0.4, 0.5) is 0 Å². The molecule has 2 aromatic carbocycles. The SMILES string of the molecule is CCCCCCc1[c]ccc(CCCCCC)c1-c1ccc(CCCCC)cc1. The minimum Gasteiger partial charge on any atom is -0.0654 e. The maximum absolute atomic E-state index is 3.61. The zero-order valence-electron chi connectivity index (χ0n) is 19.4. The van der Waals surface area contributed by atoms with Gasteiger partial charge < -0.3 is 0 Å². The summed E-state index contributed by atoms with van der Waals surface area (Å²) in [7, 11) is 0. The molecule has 0 fully saturated rings. The van der Waals surface area contributed by atoms with Gasteiger partial charge in [-0.05, 0) is 72.4 Å². The van der Waals surface area contributed by atoms with Crippen LogP contribution in [0.3, 0.4) is 0 Å². The van der Waals surface area contributed by atoms with Crippen LogP contribution >= 0.6 is 0 Å². The quantitative estimate of drug-likeness (QED) is 0.265. The monoisotopic (exact) mass is 391 g/mol. The van der Waals surface area contributed by atoms with Gasteiger partial charge in [0, 0.05) is 0 Å². The van der Waals surface area contributed by atoms with Crippen LogP contribution in [0.25, 0.3) is 11.1 Å². The number of hydrogen-bond donors (Lipinski definition) is 0. The highest BCUT2D eigenvalue weighted by Crippen LogP contribution is 2.31. The number of rotatable bonds is 15. The average Bonchev–Trinajstić information content (AvgIpc) is 2.75. The van der Waals surface area contributed by atoms with Gasteiger partial charge >= 0.3 is 0 Å². The lowest BCUT2D eigenvalue weighted by Gasteiger charge is -2.16. The van der Waals surface area contributed by atoms with Crippen molar-refractivity contribution in [2.45, 2.75) is 111 Å². The summed E-state index contributed by atoms with van der Waals surface area (Å²) < 4.78 is 0. The molecule has 29 heavy (non-hydrogen) atoms. The largest absolute Gasteiger partial charge is 0.0654 e. The van der Waals surface area contributed by atoms with E-state index in [0.29, 0.717) is 0 Å². The molecule has 0 aromatic heterocycles. The predicted octanol–water partition coefficient (Wildman–Crippen LogP) is 9.13. The summed E-state index contributed by atoms with van der Waals surface area (Å²) in [5.74, 6) is 0. The molecule has 0 amide bonds. The van der Waals surface area contributed by atoms with E-state index in [1.165, 1.54) is 111 Å². The van der Waals surface area contributed by atoms with E-state index >= 15 is 0 Å². The van der Waals surface area contributed by atoms with Crippen molar-refractivity contribution in [2.24, 2.45) is 0 Å². The summed E-state index contributed by atoms with van der Waals surface area (Å²) in [4.78, 5) is 0. The Labute approximate surface area is 181 Å². The average molecular weight is 392 g/mol. The van der Waals surface area contributed by atoms with Crippen molar-refractivity contribution in [1.29, 1.82) is 0 Å². The molecule has 0 heterocycles. The fourth-order valence-corrected chi connectivity index (χ4v) is 4.25. The number of unbranched alkanes of at least 4 members (excludes halogenated alkanes) is 8. The Balaban J connectivity index is 2.19. The topological polar surface area (TPSA) is 0 Å². The minimum atomic E-state index is 1.16. The first-order valence-electron chi connectivity index (χ1n) is 12.4. The normalized spacial score (nSPS) is 11.1. The van der Waals surface area contributed by atoms with Gasteiger partial charge in [-0.2, -0.15) is 0 Å². The van der Waals surface area contributed by atoms with Crippen molar-refractivity contribution in [3.8, 4) is 11.1 Å². The second kappa shape index (κ2) is 14.4. The van der Waals surface area contributed by atoms with E-state index in [2.05, 4.69) is 63.2 Å². The molecule has 0 aliphatic carbocycles. The third-order valence-corrected chi connectivity index (χ3v) is 6.06. The summed E-state index contributed by atoms with van der Waals surface area (Å²) in [5.41, 5.74) is 7.34. The van der Waals surface area contributed by atoms with Crippen LogP contribution in [-0.2, 0) is 19.3 Å². The summed E-state index contributed by atoms with van der Waals surface area (Å²) in [5, 5.41) is 0. The van der Waals surface area contributed by atoms with Crippen LogP contribution in [0.15, 0.2) is 36.4 Å². The third-order valence-electron chi connectivity index (χ3n) is 6.06. The van der Waals surface area contributed by atoms with Crippen LogP contribution < -0.4 is 0 Å². The molecular formula is C29H43. The second-order valence-electron chi connectivity index (χ2n) is 8.63. The van der Waals surface area contributed by atoms with Crippen molar-refractivity contribution >= 4 is 0 Å². The standard InChI is InChI=1S/C29H43/c1-4-7-10-13-17-26-19-15-20-27(18-14-11-8-5-2)29(26)28-23-21-25(22-24-28)16-12-9-6-3/h15,19,21-24H,4-14,16-18H2,1-3H3. The summed E-state index contributed by atoms with van der Waals surface area (Å²) >= 11 is 0. The van der Waals surface area contributed by atoms with Gasteiger partial charge in [0.05, 0.1) is 0 Å². The van der Waals surface area contributed by atoms with Gasteiger partial charge in [-0.3, -0.25) is 0 Å². The fourth-order valence-electron chi connectivity index (χ4n) is 4.25. The maximum atomic E-state index is 3.61. The van der Waals surface area contributed by atoms with E-state index in [9.17, 15) is 0 Å². The van der Waals surface area contributed by atoms with Crippen molar-refractivity contribution < 1.29 is 0 Å². The molecular weight excluding hydrogens is 348 g/mol. The maximum Gasteiger partial charge on any atom is -0.0114 e. The van der Waals surface area contributed by atoms with E-state index in [1.54, 1.807) is 0 Å². The zero-order chi connectivity index (χ0) is 20.7. The van der Waals surface area contributed by atoms with Gasteiger partial charge in [-0.15, -0.1) is 0 Å². The lowest BCUT2D eigenvalue weighted by Crippen LogP contribution is -1.98. The number of aryl methyl sites for hydroxylation is 3. The lowest BCUT2D eigenvalue weighted by molar-refractivity contribution is 0.662. The molecule has 0 atom stereocenters. The Morgan fingerprint density at radius 1 is 0.586 bits per heavy atom. The first-order valence-corrected chi connectivity index (χ1v) is 12.4. The Kier molecular flexibility index (Phi) is 11.8. The van der Waals surface area contributed by atoms with Gasteiger partial charge in [0.1, 0.15) is 0 Å². The fraction of sp³-hybridized carbons (Fsp3) is 0.586. The molecule has 0 unspecified atom stereocenters. The Hall–Kier alpha value is -1.56. The molecule has 0 bridgehead atoms. The Morgan fingerprint density at radius 2 is 1.17 bits per heavy atom. The third kappa shape index (κ3) is 8.37. The Morgan fingerprint density at radius 3 is 1.83 bits per heavy atom. The molecule has 0 N–H and O–H groups in total. The molecule has 1 radical (unpaired) electrons. The number of hydrogen-bond acceptors (Lipinski definition) is 0. The number of benzene rings is 2. The first-order chi connectivity index (χ1) is 14.3. The van der Waals surface area contributed by atoms with Crippen LogP contribution in [-0.4, -0.2) is 0 Å². The van der Waals surface area contributed by atoms with Crippen molar-refractivity contribution in [1.82, 2.24) is 0 Å². The lowest BCUT2D eigenvalue weighted by atomic mass is 9.88. The smallest absolute Gasteiger partial charge is 0.0114 e. The first kappa shape index (κ1) is 23.7. The van der Waals surface area contributed by atoms with Crippen LogP contribution in [0.1, 0.15) is 108 Å². The second-order valence-corrected chi connectivity index (χ2v) is 8.63. The molecule has 159 valence electrons. The zero-order valence-corrected chi connectivity index (χ0v) is 19.4. The van der Waals surface area contributed by atoms with Gasteiger partial charge in [-0.25, -0.2) is 0 Å². The summed E-state index contributed by atoms with van der Waals surface area (Å²) in [6.07, 6.45) is 18.1. The summed E-state index contributed by atoms with van der Waals surface area (Å²) in [6.45, 7) is 6.86. The molecule has 0 heteroatoms. The highest BCUT2D eigenvalue weighted by Gasteiger charge is 2.11. The van der Waals surface area contributed by atoms with Gasteiger partial charge in [0.25, 0.3) is 0 Å². The molecule has 0 aliphatic heterocycles. The van der Waals surface area contributed by atoms with E-state index in [1.807, 2.05) is 0 Å². The van der Waals surface area contributed by atoms with Crippen LogP contribution in [0, 0.1) is 6.07 Å². The molecule has 0 saturated carbocycles. The molecule has 2 rings (SSSR count). The molecule has 0 nitrogen and oxygen atoms in total. The molecule has 2 aromatic rings. The van der Waals surface area contributed by atoms with Gasteiger partial charge in [0.15, 0.2) is 0 Å². The van der Waals surface area contributed by atoms with Crippen LogP contribution in [0.5, 0.6) is 0 Å². The van der Waals surface area contributed by atoms with Crippen molar-refractivity contribution in [3.63, 3.8) is 0 Å². The van der Waals surface area contributed by atoms with E-state index in [0.717, 1.165) is 6.42 Å². The highest BCUT2D eigenvalue weighted by atomic mass is 14.2. The van der Waals surface area contributed by atoms with Gasteiger partial charge in [0.2, 0.25) is 0 Å². The predicted molar refractivity (Wildman–Crippen MR) is 130 cm³/mol. The van der Waals surface area contributed by atoms with Crippen molar-refractivity contribution in [2.75, 3.05) is 0 Å².